The van der Waals surface area contributed by atoms with Crippen LogP contribution < -0.4 is 0 Å². The molecule has 4 rings (SSSR count). The first-order valence-electron chi connectivity index (χ1n) is 8.58. The van der Waals surface area contributed by atoms with Crippen LogP contribution in [0.3, 0.4) is 0 Å². The molecule has 26 heavy (non-hydrogen) atoms. The molecule has 0 aliphatic carbocycles. The Labute approximate surface area is 156 Å². The highest BCUT2D eigenvalue weighted by atomic mass is 32.2. The van der Waals surface area contributed by atoms with Crippen LogP contribution >= 0.6 is 11.8 Å². The summed E-state index contributed by atoms with van der Waals surface area (Å²) in [6.45, 7) is 0.401. The molecule has 2 heterocycles. The molecule has 2 amide bonds. The number of carbonyl (C=O) groups excluding carboxylic acids is 2. The smallest absolute Gasteiger partial charge is 0.330 e. The highest BCUT2D eigenvalue weighted by Crippen LogP contribution is 2.47. The van der Waals surface area contributed by atoms with Crippen LogP contribution in [-0.4, -0.2) is 46.7 Å². The lowest BCUT2D eigenvalue weighted by atomic mass is 10.1. The summed E-state index contributed by atoms with van der Waals surface area (Å²) in [4.78, 5) is 29.2. The molecule has 0 spiro atoms. The van der Waals surface area contributed by atoms with Crippen LogP contribution in [0.4, 0.5) is 4.79 Å². The highest BCUT2D eigenvalue weighted by Gasteiger charge is 2.55. The van der Waals surface area contributed by atoms with Crippen molar-refractivity contribution < 1.29 is 14.3 Å². The Morgan fingerprint density at radius 3 is 2.42 bits per heavy atom. The van der Waals surface area contributed by atoms with Gasteiger partial charge in [-0.05, 0) is 11.1 Å². The first-order valence-corrected chi connectivity index (χ1v) is 9.63. The molecule has 0 radical (unpaired) electrons. The molecule has 2 saturated heterocycles. The Bertz CT molecular complexity index is 799. The van der Waals surface area contributed by atoms with Gasteiger partial charge in [0.05, 0.1) is 13.2 Å². The van der Waals surface area contributed by atoms with Crippen LogP contribution in [0.2, 0.25) is 0 Å². The SMILES string of the molecule is COC(=O)[C@H]1[C@@H]2CSC(c3ccccc3)N2C(=O)N1Cc1ccccc1. The highest BCUT2D eigenvalue weighted by molar-refractivity contribution is 7.99. The van der Waals surface area contributed by atoms with E-state index in [0.29, 0.717) is 6.54 Å². The molecule has 2 fully saturated rings. The van der Waals surface area contributed by atoms with Crippen LogP contribution in [-0.2, 0) is 16.1 Å². The molecule has 6 heteroatoms. The average molecular weight is 368 g/mol. The third kappa shape index (κ3) is 2.84. The van der Waals surface area contributed by atoms with Gasteiger partial charge in [-0.2, -0.15) is 0 Å². The normalized spacial score (nSPS) is 24.7. The second kappa shape index (κ2) is 7.03. The minimum absolute atomic E-state index is 0.0679. The van der Waals surface area contributed by atoms with E-state index in [9.17, 15) is 9.59 Å². The molecule has 2 aromatic rings. The van der Waals surface area contributed by atoms with Crippen molar-refractivity contribution in [3.63, 3.8) is 0 Å². The first kappa shape index (κ1) is 17.0. The summed E-state index contributed by atoms with van der Waals surface area (Å²) in [5, 5.41) is -0.0679. The Kier molecular flexibility index (Phi) is 4.59. The van der Waals surface area contributed by atoms with Gasteiger partial charge in [-0.3, -0.25) is 0 Å². The van der Waals surface area contributed by atoms with Gasteiger partial charge in [0, 0.05) is 12.3 Å². The largest absolute Gasteiger partial charge is 0.467 e. The van der Waals surface area contributed by atoms with Crippen LogP contribution in [0.15, 0.2) is 60.7 Å². The van der Waals surface area contributed by atoms with Gasteiger partial charge in [-0.25, -0.2) is 9.59 Å². The van der Waals surface area contributed by atoms with Crippen molar-refractivity contribution in [2.45, 2.75) is 24.0 Å². The molecule has 3 atom stereocenters. The molecule has 0 N–H and O–H groups in total. The van der Waals surface area contributed by atoms with E-state index in [1.807, 2.05) is 65.6 Å². The lowest BCUT2D eigenvalue weighted by Crippen LogP contribution is -2.44. The third-order valence-electron chi connectivity index (χ3n) is 4.92. The van der Waals surface area contributed by atoms with E-state index in [-0.39, 0.29) is 23.4 Å². The lowest BCUT2D eigenvalue weighted by molar-refractivity contribution is -0.146. The monoisotopic (exact) mass is 368 g/mol. The van der Waals surface area contributed by atoms with E-state index in [2.05, 4.69) is 0 Å². The number of ether oxygens (including phenoxy) is 1. The van der Waals surface area contributed by atoms with Gasteiger partial charge in [0.1, 0.15) is 5.37 Å². The Morgan fingerprint density at radius 2 is 1.77 bits per heavy atom. The molecule has 134 valence electrons. The number of rotatable bonds is 4. The number of esters is 1. The molecule has 0 saturated carbocycles. The Balaban J connectivity index is 1.66. The summed E-state index contributed by atoms with van der Waals surface area (Å²) in [6.07, 6.45) is 0. The molecule has 0 bridgehead atoms. The fourth-order valence-electron chi connectivity index (χ4n) is 3.71. The van der Waals surface area contributed by atoms with E-state index in [1.165, 1.54) is 7.11 Å². The fourth-order valence-corrected chi connectivity index (χ4v) is 5.19. The second-order valence-electron chi connectivity index (χ2n) is 6.44. The first-order chi connectivity index (χ1) is 12.7. The second-order valence-corrected chi connectivity index (χ2v) is 7.55. The van der Waals surface area contributed by atoms with E-state index < -0.39 is 6.04 Å². The van der Waals surface area contributed by atoms with Crippen molar-refractivity contribution in [2.75, 3.05) is 12.9 Å². The lowest BCUT2D eigenvalue weighted by Gasteiger charge is -2.24. The van der Waals surface area contributed by atoms with Crippen molar-refractivity contribution in [2.24, 2.45) is 0 Å². The zero-order valence-corrected chi connectivity index (χ0v) is 15.3. The molecular weight excluding hydrogens is 348 g/mol. The van der Waals surface area contributed by atoms with Crippen LogP contribution in [0.25, 0.3) is 0 Å². The molecule has 0 aromatic heterocycles. The van der Waals surface area contributed by atoms with Gasteiger partial charge in [0.2, 0.25) is 0 Å². The number of benzene rings is 2. The minimum Gasteiger partial charge on any atom is -0.467 e. The van der Waals surface area contributed by atoms with Crippen molar-refractivity contribution in [3.8, 4) is 0 Å². The van der Waals surface area contributed by atoms with E-state index in [1.54, 1.807) is 16.7 Å². The predicted molar refractivity (Wildman–Crippen MR) is 100 cm³/mol. The summed E-state index contributed by atoms with van der Waals surface area (Å²) in [6, 6.07) is 18.9. The Morgan fingerprint density at radius 1 is 1.12 bits per heavy atom. The van der Waals surface area contributed by atoms with Crippen molar-refractivity contribution in [1.29, 1.82) is 0 Å². The number of urea groups is 1. The number of amides is 2. The van der Waals surface area contributed by atoms with Gasteiger partial charge < -0.3 is 14.5 Å². The topological polar surface area (TPSA) is 49.9 Å². The summed E-state index contributed by atoms with van der Waals surface area (Å²) >= 11 is 1.70. The molecule has 5 nitrogen and oxygen atoms in total. The van der Waals surface area contributed by atoms with Gasteiger partial charge >= 0.3 is 12.0 Å². The number of methoxy groups -OCH3 is 1. The summed E-state index contributed by atoms with van der Waals surface area (Å²) in [7, 11) is 1.38. The minimum atomic E-state index is -0.575. The molecule has 2 aliphatic rings. The van der Waals surface area contributed by atoms with E-state index in [4.69, 9.17) is 4.74 Å². The van der Waals surface area contributed by atoms with Gasteiger partial charge in [0.15, 0.2) is 6.04 Å². The molecular formula is C20H20N2O3S. The number of carbonyl (C=O) groups is 2. The van der Waals surface area contributed by atoms with Gasteiger partial charge in [0.25, 0.3) is 0 Å². The van der Waals surface area contributed by atoms with Crippen molar-refractivity contribution >= 4 is 23.8 Å². The fraction of sp³-hybridized carbons (Fsp3) is 0.300. The number of hydrogen-bond donors (Lipinski definition) is 0. The van der Waals surface area contributed by atoms with Crippen molar-refractivity contribution in [3.05, 3.63) is 71.8 Å². The van der Waals surface area contributed by atoms with Gasteiger partial charge in [-0.15, -0.1) is 11.8 Å². The average Bonchev–Trinajstić information content (AvgIpc) is 3.23. The Hall–Kier alpha value is -2.47. The predicted octanol–water partition coefficient (Wildman–Crippen LogP) is 3.28. The summed E-state index contributed by atoms with van der Waals surface area (Å²) in [5.74, 6) is 0.368. The maximum atomic E-state index is 13.2. The van der Waals surface area contributed by atoms with Gasteiger partial charge in [-0.1, -0.05) is 60.7 Å². The van der Waals surface area contributed by atoms with E-state index in [0.717, 1.165) is 16.9 Å². The van der Waals surface area contributed by atoms with E-state index >= 15 is 0 Å². The van der Waals surface area contributed by atoms with Crippen LogP contribution in [0, 0.1) is 0 Å². The maximum Gasteiger partial charge on any atom is 0.330 e. The van der Waals surface area contributed by atoms with Crippen LogP contribution in [0.1, 0.15) is 16.5 Å². The number of fused-ring (bicyclic) bond motifs is 1. The van der Waals surface area contributed by atoms with Crippen molar-refractivity contribution in [1.82, 2.24) is 9.80 Å². The maximum absolute atomic E-state index is 13.2. The summed E-state index contributed by atoms with van der Waals surface area (Å²) in [5.41, 5.74) is 2.08. The zero-order valence-electron chi connectivity index (χ0n) is 14.4. The van der Waals surface area contributed by atoms with Crippen LogP contribution in [0.5, 0.6) is 0 Å². The zero-order chi connectivity index (χ0) is 18.1. The third-order valence-corrected chi connectivity index (χ3v) is 6.27. The molecule has 2 aliphatic heterocycles. The number of thioether (sulfide) groups is 1. The standard InChI is InChI=1S/C20H20N2O3S/c1-25-19(23)17-16-13-26-18(15-10-6-3-7-11-15)22(16)20(24)21(17)12-14-8-4-2-5-9-14/h2-11,16-18H,12-13H2,1H3/t16-,17+,18?/m0/s1. The summed E-state index contributed by atoms with van der Waals surface area (Å²) < 4.78 is 5.03. The molecule has 2 aromatic carbocycles. The number of hydrogen-bond acceptors (Lipinski definition) is 4. The molecule has 1 unspecified atom stereocenters. The number of nitrogens with zero attached hydrogens (tertiary/aromatic N) is 2. The quantitative estimate of drug-likeness (QED) is 0.777.